The van der Waals surface area contributed by atoms with E-state index in [0.29, 0.717) is 42.0 Å². The zero-order chi connectivity index (χ0) is 24.2. The fourth-order valence-electron chi connectivity index (χ4n) is 4.64. The van der Waals surface area contributed by atoms with Crippen LogP contribution in [0.1, 0.15) is 0 Å². The molecule has 0 aliphatic carbocycles. The van der Waals surface area contributed by atoms with Gasteiger partial charge >= 0.3 is 11.2 Å². The Morgan fingerprint density at radius 2 is 1.46 bits per heavy atom. The third-order valence-corrected chi connectivity index (χ3v) is 6.33. The van der Waals surface area contributed by atoms with E-state index in [1.807, 2.05) is 77.7 Å². The molecular formula is C27H26N4O4. The minimum atomic E-state index is -0.617. The Labute approximate surface area is 202 Å². The molecular weight excluding hydrogens is 444 g/mol. The van der Waals surface area contributed by atoms with Crippen molar-refractivity contribution in [2.24, 2.45) is 0 Å². The number of hydrogen-bond donors (Lipinski definition) is 0. The molecule has 0 saturated carbocycles. The van der Waals surface area contributed by atoms with Gasteiger partial charge in [-0.2, -0.15) is 0 Å². The first-order valence-corrected chi connectivity index (χ1v) is 11.7. The highest BCUT2D eigenvalue weighted by atomic mass is 16.6. The van der Waals surface area contributed by atoms with Crippen molar-refractivity contribution in [3.63, 3.8) is 0 Å². The number of nitrogens with zero attached hydrogens (tertiary/aromatic N) is 4. The first-order valence-electron chi connectivity index (χ1n) is 11.7. The van der Waals surface area contributed by atoms with Gasteiger partial charge in [0.15, 0.2) is 0 Å². The van der Waals surface area contributed by atoms with Crippen molar-refractivity contribution in [1.82, 2.24) is 9.47 Å². The highest BCUT2D eigenvalue weighted by Crippen LogP contribution is 2.35. The first kappa shape index (κ1) is 22.6. The predicted octanol–water partition coefficient (Wildman–Crippen LogP) is 4.10. The van der Waals surface area contributed by atoms with Crippen molar-refractivity contribution in [3.05, 3.63) is 105 Å². The third kappa shape index (κ3) is 4.61. The number of pyridine rings is 1. The lowest BCUT2D eigenvalue weighted by Crippen LogP contribution is -2.48. The summed E-state index contributed by atoms with van der Waals surface area (Å²) in [5, 5.41) is 12.9. The second-order valence-corrected chi connectivity index (χ2v) is 8.44. The van der Waals surface area contributed by atoms with Gasteiger partial charge in [0.2, 0.25) is 0 Å². The molecule has 0 spiro atoms. The zero-order valence-electron chi connectivity index (χ0n) is 19.2. The lowest BCUT2D eigenvalue weighted by atomic mass is 10.1. The molecule has 8 heteroatoms. The summed E-state index contributed by atoms with van der Waals surface area (Å²) in [6.07, 6.45) is 0. The summed E-state index contributed by atoms with van der Waals surface area (Å²) in [5.41, 5.74) is 0.666. The topological polar surface area (TPSA) is 80.8 Å². The average Bonchev–Trinajstić information content (AvgIpc) is 2.89. The molecule has 178 valence electrons. The number of ether oxygens (including phenoxy) is 1. The summed E-state index contributed by atoms with van der Waals surface area (Å²) in [7, 11) is 0. The fourth-order valence-corrected chi connectivity index (χ4v) is 4.64. The highest BCUT2D eigenvalue weighted by molar-refractivity contribution is 5.97. The average molecular weight is 471 g/mol. The number of hydrogen-bond acceptors (Lipinski definition) is 6. The summed E-state index contributed by atoms with van der Waals surface area (Å²) >= 11 is 0. The van der Waals surface area contributed by atoms with Crippen molar-refractivity contribution in [3.8, 4) is 11.4 Å². The molecule has 1 aliphatic heterocycles. The van der Waals surface area contributed by atoms with Crippen molar-refractivity contribution in [2.75, 3.05) is 44.2 Å². The second-order valence-electron chi connectivity index (χ2n) is 8.44. The Bertz CT molecular complexity index is 1380. The first-order chi connectivity index (χ1) is 17.1. The van der Waals surface area contributed by atoms with Crippen molar-refractivity contribution in [1.29, 1.82) is 0 Å². The number of para-hydroxylation sites is 3. The number of piperazine rings is 1. The molecule has 0 bridgehead atoms. The van der Waals surface area contributed by atoms with Gasteiger partial charge in [-0.05, 0) is 30.3 Å². The maximum Gasteiger partial charge on any atom is 0.358 e. The van der Waals surface area contributed by atoms with Gasteiger partial charge in [0, 0.05) is 43.8 Å². The zero-order valence-corrected chi connectivity index (χ0v) is 19.2. The molecule has 1 fully saturated rings. The van der Waals surface area contributed by atoms with Crippen LogP contribution in [-0.4, -0.2) is 53.7 Å². The van der Waals surface area contributed by atoms with Gasteiger partial charge in [0.1, 0.15) is 18.0 Å². The van der Waals surface area contributed by atoms with E-state index >= 15 is 0 Å². The fraction of sp³-hybridized carbons (Fsp3) is 0.222. The van der Waals surface area contributed by atoms with Crippen LogP contribution in [0.2, 0.25) is 0 Å². The van der Waals surface area contributed by atoms with Gasteiger partial charge in [0.05, 0.1) is 10.4 Å². The summed E-state index contributed by atoms with van der Waals surface area (Å²) in [6.45, 7) is 3.97. The van der Waals surface area contributed by atoms with Crippen LogP contribution >= 0.6 is 0 Å². The largest absolute Gasteiger partial charge is 0.492 e. The Kier molecular flexibility index (Phi) is 6.45. The number of rotatable bonds is 7. The SMILES string of the molecule is O=c1c([N+](=O)[O-])c(N2CCN(CCOc3ccccc3)CC2)c2ccccc2n1-c1ccccc1. The van der Waals surface area contributed by atoms with Gasteiger partial charge in [-0.15, -0.1) is 0 Å². The molecule has 4 aromatic rings. The van der Waals surface area contributed by atoms with Crippen molar-refractivity contribution < 1.29 is 9.66 Å². The summed E-state index contributed by atoms with van der Waals surface area (Å²) in [5.74, 6) is 0.840. The van der Waals surface area contributed by atoms with Crippen LogP contribution in [-0.2, 0) is 0 Å². The van der Waals surface area contributed by atoms with Gasteiger partial charge in [-0.3, -0.25) is 24.4 Å². The molecule has 1 saturated heterocycles. The third-order valence-electron chi connectivity index (χ3n) is 6.33. The maximum atomic E-state index is 13.5. The van der Waals surface area contributed by atoms with Crippen LogP contribution in [0.4, 0.5) is 11.4 Å². The Morgan fingerprint density at radius 3 is 2.14 bits per heavy atom. The molecule has 0 radical (unpaired) electrons. The van der Waals surface area contributed by atoms with Crippen molar-refractivity contribution in [2.45, 2.75) is 0 Å². The van der Waals surface area contributed by atoms with Gasteiger partial charge in [0.25, 0.3) is 0 Å². The maximum absolute atomic E-state index is 13.5. The standard InChI is InChI=1S/C27H26N4O4/c32-27-26(31(33)34)25(23-13-7-8-14-24(23)30(27)21-9-3-1-4-10-21)29-17-15-28(16-18-29)19-20-35-22-11-5-2-6-12-22/h1-14H,15-20H2. The molecule has 0 atom stereocenters. The van der Waals surface area contributed by atoms with Gasteiger partial charge in [-0.25, -0.2) is 0 Å². The van der Waals surface area contributed by atoms with Crippen LogP contribution in [0.3, 0.4) is 0 Å². The quantitative estimate of drug-likeness (QED) is 0.299. The molecule has 1 aromatic heterocycles. The molecule has 0 amide bonds. The summed E-state index contributed by atoms with van der Waals surface area (Å²) < 4.78 is 7.25. The normalized spacial score (nSPS) is 14.2. The molecule has 35 heavy (non-hydrogen) atoms. The van der Waals surface area contributed by atoms with E-state index in [1.165, 1.54) is 4.57 Å². The minimum Gasteiger partial charge on any atom is -0.492 e. The van der Waals surface area contributed by atoms with Gasteiger partial charge < -0.3 is 9.64 Å². The summed E-state index contributed by atoms with van der Waals surface area (Å²) in [4.78, 5) is 29.4. The van der Waals surface area contributed by atoms with Crippen LogP contribution in [0, 0.1) is 10.1 Å². The predicted molar refractivity (Wildman–Crippen MR) is 137 cm³/mol. The van der Waals surface area contributed by atoms with Crippen LogP contribution < -0.4 is 15.2 Å². The van der Waals surface area contributed by atoms with E-state index in [0.717, 1.165) is 25.4 Å². The number of benzene rings is 3. The van der Waals surface area contributed by atoms with E-state index in [2.05, 4.69) is 4.90 Å². The van der Waals surface area contributed by atoms with Crippen LogP contribution in [0.15, 0.2) is 89.7 Å². The van der Waals surface area contributed by atoms with E-state index in [4.69, 9.17) is 4.74 Å². The van der Waals surface area contributed by atoms with Crippen molar-refractivity contribution >= 4 is 22.3 Å². The molecule has 0 N–H and O–H groups in total. The molecule has 1 aliphatic rings. The molecule has 3 aromatic carbocycles. The Morgan fingerprint density at radius 1 is 0.829 bits per heavy atom. The lowest BCUT2D eigenvalue weighted by Gasteiger charge is -2.36. The van der Waals surface area contributed by atoms with E-state index in [9.17, 15) is 14.9 Å². The van der Waals surface area contributed by atoms with Crippen LogP contribution in [0.5, 0.6) is 5.75 Å². The monoisotopic (exact) mass is 470 g/mol. The number of anilines is 1. The van der Waals surface area contributed by atoms with E-state index in [1.54, 1.807) is 12.1 Å². The molecule has 5 rings (SSSR count). The lowest BCUT2D eigenvalue weighted by molar-refractivity contribution is -0.385. The van der Waals surface area contributed by atoms with E-state index in [-0.39, 0.29) is 5.69 Å². The minimum absolute atomic E-state index is 0.381. The Balaban J connectivity index is 1.42. The second kappa shape index (κ2) is 9.99. The smallest absolute Gasteiger partial charge is 0.358 e. The highest BCUT2D eigenvalue weighted by Gasteiger charge is 2.31. The van der Waals surface area contributed by atoms with E-state index < -0.39 is 10.5 Å². The number of fused-ring (bicyclic) bond motifs is 1. The molecule has 2 heterocycles. The van der Waals surface area contributed by atoms with Gasteiger partial charge in [-0.1, -0.05) is 54.6 Å². The Hall–Kier alpha value is -4.17. The van der Waals surface area contributed by atoms with Crippen LogP contribution in [0.25, 0.3) is 16.6 Å². The molecule has 8 nitrogen and oxygen atoms in total. The number of nitro groups is 1. The summed E-state index contributed by atoms with van der Waals surface area (Å²) in [6, 6.07) is 26.2. The number of aromatic nitrogens is 1. The molecule has 0 unspecified atom stereocenters.